The number of hydrogen-bond acceptors (Lipinski definition) is 6. The van der Waals surface area contributed by atoms with Crippen molar-refractivity contribution in [2.45, 2.75) is 25.1 Å². The average Bonchev–Trinajstić information content (AvgIpc) is 3.15. The summed E-state index contributed by atoms with van der Waals surface area (Å²) < 4.78 is 27.3. The predicted octanol–water partition coefficient (Wildman–Crippen LogP) is 3.87. The number of aromatic amines is 1. The summed E-state index contributed by atoms with van der Waals surface area (Å²) in [5.41, 5.74) is -0.171. The first-order valence-corrected chi connectivity index (χ1v) is 10.3. The van der Waals surface area contributed by atoms with Gasteiger partial charge in [0, 0.05) is 17.8 Å². The molecule has 0 radical (unpaired) electrons. The number of alkyl halides is 1. The summed E-state index contributed by atoms with van der Waals surface area (Å²) in [6, 6.07) is 9.05. The van der Waals surface area contributed by atoms with E-state index in [1.807, 2.05) is 12.1 Å². The van der Waals surface area contributed by atoms with E-state index in [2.05, 4.69) is 15.0 Å². The third-order valence-electron chi connectivity index (χ3n) is 5.26. The van der Waals surface area contributed by atoms with Crippen LogP contribution >= 0.6 is 11.3 Å². The first-order valence-electron chi connectivity index (χ1n) is 9.48. The fraction of sp³-hybridized carbons (Fsp3) is 0.286. The van der Waals surface area contributed by atoms with Crippen molar-refractivity contribution in [3.63, 3.8) is 0 Å². The van der Waals surface area contributed by atoms with Crippen molar-refractivity contribution in [1.29, 1.82) is 0 Å². The van der Waals surface area contributed by atoms with Gasteiger partial charge in [-0.25, -0.2) is 14.4 Å². The maximum absolute atomic E-state index is 15.2. The van der Waals surface area contributed by atoms with Gasteiger partial charge in [-0.05, 0) is 37.1 Å². The molecule has 0 spiro atoms. The predicted molar refractivity (Wildman–Crippen MR) is 112 cm³/mol. The van der Waals surface area contributed by atoms with Gasteiger partial charge in [0.05, 0.1) is 26.5 Å². The highest BCUT2D eigenvalue weighted by Gasteiger charge is 2.49. The molecule has 0 atom stereocenters. The quantitative estimate of drug-likeness (QED) is 0.506. The highest BCUT2D eigenvalue weighted by molar-refractivity contribution is 7.21. The van der Waals surface area contributed by atoms with Crippen molar-refractivity contribution >= 4 is 21.7 Å². The first kappa shape index (κ1) is 18.8. The number of halogens is 1. The molecule has 3 heterocycles. The fourth-order valence-electron chi connectivity index (χ4n) is 3.46. The van der Waals surface area contributed by atoms with E-state index in [1.54, 1.807) is 38.6 Å². The second-order valence-electron chi connectivity index (χ2n) is 7.23. The molecule has 0 aliphatic heterocycles. The first-order chi connectivity index (χ1) is 14.5. The van der Waals surface area contributed by atoms with E-state index in [1.165, 1.54) is 15.9 Å². The second kappa shape index (κ2) is 6.94. The van der Waals surface area contributed by atoms with E-state index in [9.17, 15) is 4.79 Å². The molecule has 1 aliphatic rings. The number of nitrogens with zero attached hydrogens (tertiary/aromatic N) is 3. The molecule has 1 aliphatic carbocycles. The van der Waals surface area contributed by atoms with Crippen molar-refractivity contribution in [1.82, 2.24) is 19.5 Å². The number of benzene rings is 1. The minimum atomic E-state index is -1.58. The van der Waals surface area contributed by atoms with Gasteiger partial charge in [-0.15, -0.1) is 0 Å². The Morgan fingerprint density at radius 2 is 2.07 bits per heavy atom. The van der Waals surface area contributed by atoms with E-state index >= 15 is 4.39 Å². The Kier molecular flexibility index (Phi) is 4.35. The molecule has 0 unspecified atom stereocenters. The molecule has 0 amide bonds. The fourth-order valence-corrected chi connectivity index (χ4v) is 4.38. The Balaban J connectivity index is 1.67. The number of H-pyrrole nitrogens is 1. The Morgan fingerprint density at radius 3 is 2.73 bits per heavy atom. The van der Waals surface area contributed by atoms with Gasteiger partial charge in [0.1, 0.15) is 16.5 Å². The molecule has 4 aromatic rings. The van der Waals surface area contributed by atoms with Crippen LogP contribution in [0.5, 0.6) is 11.5 Å². The van der Waals surface area contributed by atoms with Crippen molar-refractivity contribution < 1.29 is 13.9 Å². The van der Waals surface area contributed by atoms with Crippen LogP contribution < -0.4 is 15.0 Å². The molecule has 5 rings (SSSR count). The molecule has 1 aromatic carbocycles. The number of methoxy groups -OCH3 is 2. The average molecular weight is 426 g/mol. The SMILES string of the molecule is COc1ccc(Cn2c(C3(F)CC3)nc3sc(-c4ccc[nH]4)nc3c2=O)c(OC)c1. The number of rotatable bonds is 6. The van der Waals surface area contributed by atoms with Crippen molar-refractivity contribution in [2.24, 2.45) is 0 Å². The number of nitrogens with one attached hydrogen (secondary N) is 1. The van der Waals surface area contributed by atoms with Crippen LogP contribution in [0.2, 0.25) is 0 Å². The zero-order chi connectivity index (χ0) is 20.9. The smallest absolute Gasteiger partial charge is 0.281 e. The van der Waals surface area contributed by atoms with Crippen LogP contribution in [0, 0.1) is 0 Å². The molecule has 9 heteroatoms. The van der Waals surface area contributed by atoms with Gasteiger partial charge >= 0.3 is 0 Å². The highest BCUT2D eigenvalue weighted by Crippen LogP contribution is 2.49. The Hall–Kier alpha value is -3.20. The Bertz CT molecular complexity index is 1290. The standard InChI is InChI=1S/C21H19FN4O3S/c1-28-13-6-5-12(15(10-13)29-2)11-26-19(27)16-18(25-20(26)21(22)7-8-21)30-17(24-16)14-4-3-9-23-14/h3-6,9-10,23H,7-8,11H2,1-2H3. The van der Waals surface area contributed by atoms with Crippen molar-refractivity contribution in [3.05, 3.63) is 58.3 Å². The normalized spacial score (nSPS) is 14.8. The third kappa shape index (κ3) is 3.06. The van der Waals surface area contributed by atoms with Crippen LogP contribution in [0.25, 0.3) is 21.0 Å². The maximum atomic E-state index is 15.2. The van der Waals surface area contributed by atoms with E-state index in [0.717, 1.165) is 11.3 Å². The number of thiazole rings is 1. The summed E-state index contributed by atoms with van der Waals surface area (Å²) in [5.74, 6) is 1.34. The van der Waals surface area contributed by atoms with Crippen molar-refractivity contribution in [3.8, 4) is 22.2 Å². The molecule has 30 heavy (non-hydrogen) atoms. The van der Waals surface area contributed by atoms with Gasteiger partial charge in [-0.3, -0.25) is 9.36 Å². The Morgan fingerprint density at radius 1 is 1.23 bits per heavy atom. The molecule has 1 fully saturated rings. The van der Waals surface area contributed by atoms with Gasteiger partial charge in [-0.1, -0.05) is 11.3 Å². The molecular formula is C21H19FN4O3S. The van der Waals surface area contributed by atoms with Crippen LogP contribution in [-0.4, -0.2) is 33.7 Å². The summed E-state index contributed by atoms with van der Waals surface area (Å²) in [6.45, 7) is 0.130. The van der Waals surface area contributed by atoms with Crippen molar-refractivity contribution in [2.75, 3.05) is 14.2 Å². The molecule has 1 saturated carbocycles. The number of fused-ring (bicyclic) bond motifs is 1. The molecule has 7 nitrogen and oxygen atoms in total. The molecule has 3 aromatic heterocycles. The van der Waals surface area contributed by atoms with E-state index < -0.39 is 5.67 Å². The van der Waals surface area contributed by atoms with Gasteiger partial charge in [0.15, 0.2) is 21.8 Å². The van der Waals surface area contributed by atoms with E-state index in [0.29, 0.717) is 34.2 Å². The summed E-state index contributed by atoms with van der Waals surface area (Å²) in [6.07, 6.45) is 2.50. The lowest BCUT2D eigenvalue weighted by atomic mass is 10.1. The third-order valence-corrected chi connectivity index (χ3v) is 6.24. The lowest BCUT2D eigenvalue weighted by molar-refractivity contribution is 0.287. The minimum absolute atomic E-state index is 0.130. The molecular weight excluding hydrogens is 407 g/mol. The monoisotopic (exact) mass is 426 g/mol. The summed E-state index contributed by atoms with van der Waals surface area (Å²) in [7, 11) is 3.11. The summed E-state index contributed by atoms with van der Waals surface area (Å²) >= 11 is 1.28. The van der Waals surface area contributed by atoms with Crippen LogP contribution in [0.1, 0.15) is 24.2 Å². The molecule has 0 bridgehead atoms. The van der Waals surface area contributed by atoms with E-state index in [-0.39, 0.29) is 23.4 Å². The lowest BCUT2D eigenvalue weighted by Gasteiger charge is -2.16. The zero-order valence-corrected chi connectivity index (χ0v) is 17.3. The number of ether oxygens (including phenoxy) is 2. The minimum Gasteiger partial charge on any atom is -0.497 e. The number of aromatic nitrogens is 4. The largest absolute Gasteiger partial charge is 0.497 e. The molecule has 1 N–H and O–H groups in total. The maximum Gasteiger partial charge on any atom is 0.281 e. The summed E-state index contributed by atoms with van der Waals surface area (Å²) in [5, 5.41) is 0.647. The van der Waals surface area contributed by atoms with Crippen LogP contribution in [-0.2, 0) is 12.2 Å². The van der Waals surface area contributed by atoms with Crippen LogP contribution in [0.3, 0.4) is 0 Å². The molecule has 154 valence electrons. The molecule has 0 saturated heterocycles. The zero-order valence-electron chi connectivity index (χ0n) is 16.4. The Labute approximate surface area is 175 Å². The van der Waals surface area contributed by atoms with Crippen LogP contribution in [0.4, 0.5) is 4.39 Å². The van der Waals surface area contributed by atoms with Gasteiger partial charge in [0.2, 0.25) is 0 Å². The highest BCUT2D eigenvalue weighted by atomic mass is 32.1. The second-order valence-corrected chi connectivity index (χ2v) is 8.20. The summed E-state index contributed by atoms with van der Waals surface area (Å²) in [4.78, 5) is 25.9. The van der Waals surface area contributed by atoms with Gasteiger partial charge in [0.25, 0.3) is 5.56 Å². The van der Waals surface area contributed by atoms with Gasteiger partial charge in [-0.2, -0.15) is 0 Å². The van der Waals surface area contributed by atoms with Gasteiger partial charge < -0.3 is 14.5 Å². The lowest BCUT2D eigenvalue weighted by Crippen LogP contribution is -2.29. The topological polar surface area (TPSA) is 82.0 Å². The van der Waals surface area contributed by atoms with E-state index in [4.69, 9.17) is 9.47 Å². The van der Waals surface area contributed by atoms with Crippen LogP contribution in [0.15, 0.2) is 41.3 Å². The number of hydrogen-bond donors (Lipinski definition) is 1.